The molecule has 1 aliphatic heterocycles. The fourth-order valence-corrected chi connectivity index (χ4v) is 3.07. The molecule has 0 aliphatic carbocycles. The average molecular weight is 348 g/mol. The van der Waals surface area contributed by atoms with Gasteiger partial charge in [0.1, 0.15) is 0 Å². The highest BCUT2D eigenvalue weighted by molar-refractivity contribution is 5.78. The van der Waals surface area contributed by atoms with Crippen molar-refractivity contribution in [3.8, 4) is 0 Å². The summed E-state index contributed by atoms with van der Waals surface area (Å²) in [6, 6.07) is 2.71. The third-order valence-corrected chi connectivity index (χ3v) is 4.45. The number of nitro groups is 1. The molecule has 0 radical (unpaired) electrons. The normalized spacial score (nSPS) is 16.2. The van der Waals surface area contributed by atoms with Crippen LogP contribution in [0, 0.1) is 16.0 Å². The second-order valence-electron chi connectivity index (χ2n) is 6.08. The SMILES string of the molecule is O=C(O)C1CCN(Cc2cc3[nH]c(=O)c(=O)[nH]c3cc2[N+](=O)[O-])CC1. The summed E-state index contributed by atoms with van der Waals surface area (Å²) in [4.78, 5) is 51.3. The maximum Gasteiger partial charge on any atom is 0.314 e. The van der Waals surface area contributed by atoms with Crippen LogP contribution in [0.5, 0.6) is 0 Å². The number of aromatic amines is 2. The Hall–Kier alpha value is -3.01. The standard InChI is InChI=1S/C15H16N4O6/c20-13-14(21)17-11-6-12(19(24)25)9(5-10(11)16-13)7-18-3-1-8(2-4-18)15(22)23/h5-6,8H,1-4,7H2,(H,16,20)(H,17,21)(H,22,23). The third kappa shape index (κ3) is 3.43. The number of fused-ring (bicyclic) bond motifs is 1. The fourth-order valence-electron chi connectivity index (χ4n) is 3.07. The van der Waals surface area contributed by atoms with Gasteiger partial charge in [0.2, 0.25) is 0 Å². The van der Waals surface area contributed by atoms with Crippen molar-refractivity contribution in [3.05, 3.63) is 48.5 Å². The minimum absolute atomic E-state index is 0.157. The molecule has 2 aromatic rings. The van der Waals surface area contributed by atoms with Gasteiger partial charge >= 0.3 is 17.1 Å². The van der Waals surface area contributed by atoms with Gasteiger partial charge in [-0.05, 0) is 32.0 Å². The van der Waals surface area contributed by atoms with E-state index in [2.05, 4.69) is 9.97 Å². The number of benzene rings is 1. The van der Waals surface area contributed by atoms with Gasteiger partial charge in [0.05, 0.1) is 21.9 Å². The van der Waals surface area contributed by atoms with Crippen LogP contribution in [0.4, 0.5) is 5.69 Å². The van der Waals surface area contributed by atoms with Gasteiger partial charge < -0.3 is 15.1 Å². The van der Waals surface area contributed by atoms with Crippen molar-refractivity contribution in [1.29, 1.82) is 0 Å². The summed E-state index contributed by atoms with van der Waals surface area (Å²) in [5, 5.41) is 20.4. The van der Waals surface area contributed by atoms with Crippen molar-refractivity contribution in [2.45, 2.75) is 19.4 Å². The van der Waals surface area contributed by atoms with Crippen molar-refractivity contribution >= 4 is 22.7 Å². The van der Waals surface area contributed by atoms with E-state index in [1.165, 1.54) is 12.1 Å². The predicted octanol–water partition coefficient (Wildman–Crippen LogP) is 0.421. The van der Waals surface area contributed by atoms with E-state index in [-0.39, 0.29) is 23.7 Å². The lowest BCUT2D eigenvalue weighted by atomic mass is 9.96. The predicted molar refractivity (Wildman–Crippen MR) is 87.5 cm³/mol. The van der Waals surface area contributed by atoms with Crippen LogP contribution in [-0.4, -0.2) is 44.0 Å². The van der Waals surface area contributed by atoms with E-state index in [1.54, 1.807) is 0 Å². The Bertz CT molecular complexity index is 955. The largest absolute Gasteiger partial charge is 0.481 e. The lowest BCUT2D eigenvalue weighted by Crippen LogP contribution is -2.36. The number of carboxylic acids is 1. The Morgan fingerprint density at radius 2 is 1.76 bits per heavy atom. The van der Waals surface area contributed by atoms with Crippen LogP contribution in [0.3, 0.4) is 0 Å². The second-order valence-corrected chi connectivity index (χ2v) is 6.08. The smallest absolute Gasteiger partial charge is 0.314 e. The Balaban J connectivity index is 1.92. The molecule has 2 heterocycles. The molecule has 1 fully saturated rings. The fraction of sp³-hybridized carbons (Fsp3) is 0.400. The highest BCUT2D eigenvalue weighted by Gasteiger charge is 2.26. The molecule has 10 nitrogen and oxygen atoms in total. The van der Waals surface area contributed by atoms with Crippen LogP contribution in [0.25, 0.3) is 11.0 Å². The van der Waals surface area contributed by atoms with Gasteiger partial charge in [0.15, 0.2) is 0 Å². The lowest BCUT2D eigenvalue weighted by Gasteiger charge is -2.29. The molecule has 1 aromatic carbocycles. The van der Waals surface area contributed by atoms with Gasteiger partial charge in [-0.2, -0.15) is 0 Å². The van der Waals surface area contributed by atoms with Gasteiger partial charge in [-0.25, -0.2) is 0 Å². The van der Waals surface area contributed by atoms with Crippen LogP contribution < -0.4 is 11.1 Å². The molecular weight excluding hydrogens is 332 g/mol. The number of nitro benzene ring substituents is 1. The van der Waals surface area contributed by atoms with Crippen LogP contribution in [0.1, 0.15) is 18.4 Å². The zero-order valence-electron chi connectivity index (χ0n) is 13.2. The first-order valence-electron chi connectivity index (χ1n) is 7.74. The summed E-state index contributed by atoms with van der Waals surface area (Å²) in [5.74, 6) is -1.21. The molecule has 1 aliphatic rings. The summed E-state index contributed by atoms with van der Waals surface area (Å²) in [6.45, 7) is 1.31. The van der Waals surface area contributed by atoms with E-state index in [0.717, 1.165) is 0 Å². The van der Waals surface area contributed by atoms with E-state index >= 15 is 0 Å². The number of nitrogens with one attached hydrogen (secondary N) is 2. The number of carboxylic acid groups (broad SMARTS) is 1. The first-order chi connectivity index (χ1) is 11.8. The molecule has 132 valence electrons. The average Bonchev–Trinajstić information content (AvgIpc) is 2.56. The van der Waals surface area contributed by atoms with E-state index in [4.69, 9.17) is 5.11 Å². The number of aliphatic carboxylic acids is 1. The van der Waals surface area contributed by atoms with E-state index in [9.17, 15) is 24.5 Å². The van der Waals surface area contributed by atoms with Crippen molar-refractivity contribution in [2.75, 3.05) is 13.1 Å². The van der Waals surface area contributed by atoms with Crippen molar-refractivity contribution in [3.63, 3.8) is 0 Å². The molecule has 0 amide bonds. The number of H-pyrrole nitrogens is 2. The summed E-state index contributed by atoms with van der Waals surface area (Å²) in [7, 11) is 0. The topological polar surface area (TPSA) is 149 Å². The van der Waals surface area contributed by atoms with E-state index in [0.29, 0.717) is 37.0 Å². The molecule has 25 heavy (non-hydrogen) atoms. The lowest BCUT2D eigenvalue weighted by molar-refractivity contribution is -0.385. The van der Waals surface area contributed by atoms with E-state index < -0.39 is 22.0 Å². The van der Waals surface area contributed by atoms with Crippen molar-refractivity contribution < 1.29 is 14.8 Å². The maximum atomic E-state index is 11.5. The van der Waals surface area contributed by atoms with Crippen LogP contribution >= 0.6 is 0 Å². The third-order valence-electron chi connectivity index (χ3n) is 4.45. The Labute approximate surface area is 140 Å². The zero-order valence-corrected chi connectivity index (χ0v) is 13.2. The second kappa shape index (κ2) is 6.48. The molecule has 1 aromatic heterocycles. The van der Waals surface area contributed by atoms with Gasteiger partial charge in [0, 0.05) is 18.2 Å². The number of hydrogen-bond donors (Lipinski definition) is 3. The molecule has 3 rings (SSSR count). The molecule has 10 heteroatoms. The van der Waals surface area contributed by atoms with Crippen LogP contribution in [0.15, 0.2) is 21.7 Å². The van der Waals surface area contributed by atoms with Gasteiger partial charge in [-0.1, -0.05) is 0 Å². The number of rotatable bonds is 4. The Morgan fingerprint density at radius 3 is 2.28 bits per heavy atom. The quantitative estimate of drug-likeness (QED) is 0.412. The van der Waals surface area contributed by atoms with Crippen LogP contribution in [-0.2, 0) is 11.3 Å². The van der Waals surface area contributed by atoms with Gasteiger partial charge in [0.25, 0.3) is 5.69 Å². The molecule has 0 atom stereocenters. The number of nitrogens with zero attached hydrogens (tertiary/aromatic N) is 2. The highest BCUT2D eigenvalue weighted by Crippen LogP contribution is 2.26. The van der Waals surface area contributed by atoms with Gasteiger partial charge in [-0.3, -0.25) is 29.4 Å². The van der Waals surface area contributed by atoms with Crippen LogP contribution in [0.2, 0.25) is 0 Å². The molecule has 0 bridgehead atoms. The first kappa shape index (κ1) is 16.8. The number of carbonyl (C=O) groups is 1. The summed E-state index contributed by atoms with van der Waals surface area (Å²) < 4.78 is 0. The number of piperidine rings is 1. The molecular formula is C15H16N4O6. The Kier molecular flexibility index (Phi) is 4.36. The van der Waals surface area contributed by atoms with Crippen molar-refractivity contribution in [1.82, 2.24) is 14.9 Å². The number of hydrogen-bond acceptors (Lipinski definition) is 6. The molecule has 3 N–H and O–H groups in total. The molecule has 0 unspecified atom stereocenters. The van der Waals surface area contributed by atoms with E-state index in [1.807, 2.05) is 4.90 Å². The van der Waals surface area contributed by atoms with Gasteiger partial charge in [-0.15, -0.1) is 0 Å². The summed E-state index contributed by atoms with van der Waals surface area (Å²) >= 11 is 0. The number of likely N-dealkylation sites (tertiary alicyclic amines) is 1. The minimum Gasteiger partial charge on any atom is -0.481 e. The van der Waals surface area contributed by atoms with Crippen molar-refractivity contribution in [2.24, 2.45) is 5.92 Å². The molecule has 0 saturated carbocycles. The minimum atomic E-state index is -0.870. The summed E-state index contributed by atoms with van der Waals surface area (Å²) in [5.41, 5.74) is -0.959. The maximum absolute atomic E-state index is 11.5. The highest BCUT2D eigenvalue weighted by atomic mass is 16.6. The molecule has 1 saturated heterocycles. The monoisotopic (exact) mass is 348 g/mol. The first-order valence-corrected chi connectivity index (χ1v) is 7.74. The molecule has 0 spiro atoms. The number of aromatic nitrogens is 2. The zero-order chi connectivity index (χ0) is 18.1. The Morgan fingerprint density at radius 1 is 1.20 bits per heavy atom. The summed E-state index contributed by atoms with van der Waals surface area (Å²) in [6.07, 6.45) is 0.974.